The average molecular weight is 248 g/mol. The lowest BCUT2D eigenvalue weighted by molar-refractivity contribution is 0.529. The normalized spacial score (nSPS) is 12.9. The number of aromatic nitrogens is 4. The monoisotopic (exact) mass is 248 g/mol. The van der Waals surface area contributed by atoms with Crippen molar-refractivity contribution < 1.29 is 0 Å². The van der Waals surface area contributed by atoms with Gasteiger partial charge in [-0.05, 0) is 12.5 Å². The van der Waals surface area contributed by atoms with Gasteiger partial charge in [0.1, 0.15) is 0 Å². The lowest BCUT2D eigenvalue weighted by Crippen LogP contribution is -2.29. The average Bonchev–Trinajstić information content (AvgIpc) is 2.93. The predicted octanol–water partition coefficient (Wildman–Crippen LogP) is 0.463. The molecule has 0 spiro atoms. The Hall–Kier alpha value is -1.66. The molecule has 2 aromatic heterocycles. The molecule has 0 aliphatic heterocycles. The minimum Gasteiger partial charge on any atom is -0.275 e. The first-order valence-electron chi connectivity index (χ1n) is 6.10. The van der Waals surface area contributed by atoms with E-state index in [4.69, 9.17) is 5.84 Å². The van der Waals surface area contributed by atoms with Crippen molar-refractivity contribution in [3.05, 3.63) is 35.4 Å². The fraction of sp³-hybridized carbons (Fsp3) is 0.500. The van der Waals surface area contributed by atoms with Crippen LogP contribution in [-0.2, 0) is 26.9 Å². The standard InChI is InChI=1S/C12H20N6/c1-4-10-5-11(18(3)16-10)6-12(15-13)9-7-14-17(2)8-9/h5,7-8,12,15H,4,6,13H2,1-3H3. The van der Waals surface area contributed by atoms with Crippen LogP contribution >= 0.6 is 0 Å². The Morgan fingerprint density at radius 2 is 2.22 bits per heavy atom. The van der Waals surface area contributed by atoms with E-state index in [1.807, 2.05) is 31.2 Å². The van der Waals surface area contributed by atoms with Gasteiger partial charge in [-0.15, -0.1) is 0 Å². The molecule has 6 heteroatoms. The second kappa shape index (κ2) is 5.32. The van der Waals surface area contributed by atoms with Crippen LogP contribution in [0.2, 0.25) is 0 Å². The quantitative estimate of drug-likeness (QED) is 0.595. The zero-order chi connectivity index (χ0) is 13.1. The van der Waals surface area contributed by atoms with Crippen LogP contribution in [0.15, 0.2) is 18.5 Å². The van der Waals surface area contributed by atoms with E-state index in [-0.39, 0.29) is 6.04 Å². The van der Waals surface area contributed by atoms with Crippen LogP contribution in [0.4, 0.5) is 0 Å². The van der Waals surface area contributed by atoms with Gasteiger partial charge in [-0.1, -0.05) is 6.92 Å². The Kier molecular flexibility index (Phi) is 3.78. The highest BCUT2D eigenvalue weighted by Crippen LogP contribution is 2.17. The molecule has 2 heterocycles. The van der Waals surface area contributed by atoms with Gasteiger partial charge in [-0.2, -0.15) is 10.2 Å². The number of nitrogens with two attached hydrogens (primary N) is 1. The lowest BCUT2D eigenvalue weighted by atomic mass is 10.1. The van der Waals surface area contributed by atoms with Crippen LogP contribution in [-0.4, -0.2) is 19.6 Å². The predicted molar refractivity (Wildman–Crippen MR) is 69.6 cm³/mol. The first kappa shape index (κ1) is 12.8. The van der Waals surface area contributed by atoms with E-state index in [1.165, 1.54) is 5.69 Å². The van der Waals surface area contributed by atoms with E-state index in [9.17, 15) is 0 Å². The van der Waals surface area contributed by atoms with Crippen molar-refractivity contribution in [3.8, 4) is 0 Å². The number of aryl methyl sites for hydroxylation is 3. The summed E-state index contributed by atoms with van der Waals surface area (Å²) < 4.78 is 3.69. The highest BCUT2D eigenvalue weighted by atomic mass is 15.3. The van der Waals surface area contributed by atoms with Crippen LogP contribution in [0.3, 0.4) is 0 Å². The van der Waals surface area contributed by atoms with Crippen LogP contribution in [0.5, 0.6) is 0 Å². The molecule has 0 amide bonds. The van der Waals surface area contributed by atoms with Crippen LogP contribution < -0.4 is 11.3 Å². The first-order chi connectivity index (χ1) is 8.63. The molecular formula is C12H20N6. The third-order valence-corrected chi connectivity index (χ3v) is 3.13. The molecular weight excluding hydrogens is 228 g/mol. The molecule has 1 atom stereocenters. The smallest absolute Gasteiger partial charge is 0.0624 e. The minimum absolute atomic E-state index is 0.0545. The Bertz CT molecular complexity index is 512. The summed E-state index contributed by atoms with van der Waals surface area (Å²) in [5.41, 5.74) is 6.19. The van der Waals surface area contributed by atoms with Crippen LogP contribution in [0, 0.1) is 0 Å². The molecule has 0 bridgehead atoms. The summed E-state index contributed by atoms with van der Waals surface area (Å²) in [5.74, 6) is 5.63. The first-order valence-corrected chi connectivity index (χ1v) is 6.10. The lowest BCUT2D eigenvalue weighted by Gasteiger charge is -2.13. The van der Waals surface area contributed by atoms with Gasteiger partial charge in [0.05, 0.1) is 17.9 Å². The topological polar surface area (TPSA) is 73.7 Å². The van der Waals surface area contributed by atoms with Gasteiger partial charge in [0.25, 0.3) is 0 Å². The van der Waals surface area contributed by atoms with E-state index < -0.39 is 0 Å². The number of hydrogen-bond acceptors (Lipinski definition) is 4. The van der Waals surface area contributed by atoms with E-state index in [2.05, 4.69) is 28.6 Å². The van der Waals surface area contributed by atoms with Gasteiger partial charge >= 0.3 is 0 Å². The zero-order valence-corrected chi connectivity index (χ0v) is 11.1. The molecule has 0 aromatic carbocycles. The Balaban J connectivity index is 2.17. The molecule has 98 valence electrons. The van der Waals surface area contributed by atoms with E-state index in [0.717, 1.165) is 24.1 Å². The summed E-state index contributed by atoms with van der Waals surface area (Å²) in [7, 11) is 3.86. The molecule has 0 saturated heterocycles. The van der Waals surface area contributed by atoms with E-state index in [0.29, 0.717) is 0 Å². The van der Waals surface area contributed by atoms with Crippen LogP contribution in [0.25, 0.3) is 0 Å². The van der Waals surface area contributed by atoms with Gasteiger partial charge in [0.2, 0.25) is 0 Å². The van der Waals surface area contributed by atoms with E-state index in [1.54, 1.807) is 4.68 Å². The van der Waals surface area contributed by atoms with Gasteiger partial charge in [0, 0.05) is 38.0 Å². The highest BCUT2D eigenvalue weighted by Gasteiger charge is 2.15. The van der Waals surface area contributed by atoms with Gasteiger partial charge in [0.15, 0.2) is 0 Å². The molecule has 3 N–H and O–H groups in total. The number of hydrogen-bond donors (Lipinski definition) is 2. The largest absolute Gasteiger partial charge is 0.275 e. The molecule has 0 aliphatic carbocycles. The maximum Gasteiger partial charge on any atom is 0.0624 e. The Morgan fingerprint density at radius 3 is 2.72 bits per heavy atom. The fourth-order valence-electron chi connectivity index (χ4n) is 2.04. The maximum atomic E-state index is 5.63. The van der Waals surface area contributed by atoms with Crippen molar-refractivity contribution in [3.63, 3.8) is 0 Å². The third-order valence-electron chi connectivity index (χ3n) is 3.13. The fourth-order valence-corrected chi connectivity index (χ4v) is 2.04. The number of nitrogens with one attached hydrogen (secondary N) is 1. The molecule has 0 radical (unpaired) electrons. The second-order valence-electron chi connectivity index (χ2n) is 4.47. The highest BCUT2D eigenvalue weighted by molar-refractivity contribution is 5.17. The summed E-state index contributed by atoms with van der Waals surface area (Å²) in [5, 5.41) is 8.61. The summed E-state index contributed by atoms with van der Waals surface area (Å²) in [6, 6.07) is 2.18. The van der Waals surface area contributed by atoms with Crippen LogP contribution in [0.1, 0.15) is 29.9 Å². The Labute approximate surface area is 107 Å². The van der Waals surface area contributed by atoms with E-state index >= 15 is 0 Å². The Morgan fingerprint density at radius 1 is 1.44 bits per heavy atom. The van der Waals surface area contributed by atoms with Crippen molar-refractivity contribution in [2.75, 3.05) is 0 Å². The molecule has 6 nitrogen and oxygen atoms in total. The summed E-state index contributed by atoms with van der Waals surface area (Å²) in [4.78, 5) is 0. The SMILES string of the molecule is CCc1cc(CC(NN)c2cnn(C)c2)n(C)n1. The van der Waals surface area contributed by atoms with Crippen molar-refractivity contribution in [2.24, 2.45) is 19.9 Å². The van der Waals surface area contributed by atoms with Gasteiger partial charge < -0.3 is 0 Å². The van der Waals surface area contributed by atoms with Gasteiger partial charge in [-0.25, -0.2) is 0 Å². The molecule has 2 aromatic rings. The summed E-state index contributed by atoms with van der Waals surface area (Å²) in [6.45, 7) is 2.10. The molecule has 2 rings (SSSR count). The maximum absolute atomic E-state index is 5.63. The third kappa shape index (κ3) is 2.60. The van der Waals surface area contributed by atoms with Crippen molar-refractivity contribution in [1.82, 2.24) is 25.0 Å². The molecule has 0 saturated carbocycles. The zero-order valence-electron chi connectivity index (χ0n) is 11.1. The summed E-state index contributed by atoms with van der Waals surface area (Å²) >= 11 is 0. The molecule has 0 fully saturated rings. The van der Waals surface area contributed by atoms with Crippen molar-refractivity contribution >= 4 is 0 Å². The summed E-state index contributed by atoms with van der Waals surface area (Å²) in [6.07, 6.45) is 5.55. The van der Waals surface area contributed by atoms with Crippen molar-refractivity contribution in [2.45, 2.75) is 25.8 Å². The number of hydrazine groups is 1. The molecule has 18 heavy (non-hydrogen) atoms. The number of nitrogens with zero attached hydrogens (tertiary/aromatic N) is 4. The van der Waals surface area contributed by atoms with Gasteiger partial charge in [-0.3, -0.25) is 20.6 Å². The minimum atomic E-state index is 0.0545. The number of rotatable bonds is 5. The molecule has 0 aliphatic rings. The van der Waals surface area contributed by atoms with Crippen molar-refractivity contribution in [1.29, 1.82) is 0 Å². The molecule has 1 unspecified atom stereocenters. The second-order valence-corrected chi connectivity index (χ2v) is 4.47.